The Bertz CT molecular complexity index is 829. The molecule has 122 valence electrons. The summed E-state index contributed by atoms with van der Waals surface area (Å²) in [5.41, 5.74) is 1.91. The number of methoxy groups -OCH3 is 2. The van der Waals surface area contributed by atoms with Gasteiger partial charge in [-0.3, -0.25) is 4.79 Å². The molecule has 2 aromatic rings. The molecular formula is C18H17N3O3. The third-order valence-electron chi connectivity index (χ3n) is 3.67. The number of nitrogens with zero attached hydrogens (tertiary/aromatic N) is 3. The van der Waals surface area contributed by atoms with E-state index in [1.165, 1.54) is 5.01 Å². The number of ether oxygens (including phenoxy) is 2. The van der Waals surface area contributed by atoms with Crippen LogP contribution in [0.15, 0.2) is 53.3 Å². The Kier molecular flexibility index (Phi) is 4.29. The number of hydrazone groups is 1. The second-order valence-corrected chi connectivity index (χ2v) is 5.16. The van der Waals surface area contributed by atoms with Gasteiger partial charge in [0.1, 0.15) is 11.5 Å². The van der Waals surface area contributed by atoms with Gasteiger partial charge in [0.2, 0.25) is 0 Å². The van der Waals surface area contributed by atoms with Gasteiger partial charge in [-0.1, -0.05) is 6.07 Å². The standard InChI is InChI=1S/C18H17N3O3/c1-12-15(10-13-7-8-14(23-2)11-16(13)24-3)18(22)21(20-12)17-6-4-5-9-19-17/h4-11H,1-3H3/b15-10+. The molecule has 0 aliphatic carbocycles. The van der Waals surface area contributed by atoms with Gasteiger partial charge in [-0.05, 0) is 37.3 Å². The molecule has 1 aromatic carbocycles. The number of amides is 1. The molecule has 2 heterocycles. The van der Waals surface area contributed by atoms with Gasteiger partial charge in [0.25, 0.3) is 5.91 Å². The van der Waals surface area contributed by atoms with Crippen molar-refractivity contribution in [3.63, 3.8) is 0 Å². The second-order valence-electron chi connectivity index (χ2n) is 5.16. The summed E-state index contributed by atoms with van der Waals surface area (Å²) in [6.45, 7) is 1.79. The van der Waals surface area contributed by atoms with Crippen molar-refractivity contribution in [2.45, 2.75) is 6.92 Å². The van der Waals surface area contributed by atoms with Crippen LogP contribution in [0.3, 0.4) is 0 Å². The molecule has 1 amide bonds. The minimum atomic E-state index is -0.218. The molecule has 1 aromatic heterocycles. The van der Waals surface area contributed by atoms with Crippen LogP contribution in [0.25, 0.3) is 6.08 Å². The van der Waals surface area contributed by atoms with E-state index < -0.39 is 0 Å². The van der Waals surface area contributed by atoms with Crippen LogP contribution in [0.2, 0.25) is 0 Å². The van der Waals surface area contributed by atoms with E-state index >= 15 is 0 Å². The molecule has 0 radical (unpaired) electrons. The predicted octanol–water partition coefficient (Wildman–Crippen LogP) is 2.90. The Morgan fingerprint density at radius 1 is 1.12 bits per heavy atom. The largest absolute Gasteiger partial charge is 0.497 e. The molecule has 0 spiro atoms. The zero-order valence-electron chi connectivity index (χ0n) is 13.7. The maximum atomic E-state index is 12.7. The van der Waals surface area contributed by atoms with E-state index in [9.17, 15) is 4.79 Å². The van der Waals surface area contributed by atoms with Crippen LogP contribution in [-0.2, 0) is 4.79 Å². The number of hydrogen-bond donors (Lipinski definition) is 0. The summed E-state index contributed by atoms with van der Waals surface area (Å²) >= 11 is 0. The highest BCUT2D eigenvalue weighted by Gasteiger charge is 2.29. The van der Waals surface area contributed by atoms with Crippen LogP contribution in [0.4, 0.5) is 5.82 Å². The Hall–Kier alpha value is -3.15. The lowest BCUT2D eigenvalue weighted by Gasteiger charge is -2.10. The quantitative estimate of drug-likeness (QED) is 0.812. The van der Waals surface area contributed by atoms with E-state index in [0.29, 0.717) is 28.6 Å². The predicted molar refractivity (Wildman–Crippen MR) is 92.4 cm³/mol. The van der Waals surface area contributed by atoms with Crippen molar-refractivity contribution < 1.29 is 14.3 Å². The van der Waals surface area contributed by atoms with Crippen molar-refractivity contribution in [1.29, 1.82) is 0 Å². The van der Waals surface area contributed by atoms with Crippen LogP contribution in [-0.4, -0.2) is 30.8 Å². The Morgan fingerprint density at radius 3 is 2.62 bits per heavy atom. The number of pyridine rings is 1. The fourth-order valence-electron chi connectivity index (χ4n) is 2.41. The van der Waals surface area contributed by atoms with Crippen molar-refractivity contribution in [1.82, 2.24) is 4.98 Å². The Morgan fingerprint density at radius 2 is 1.96 bits per heavy atom. The van der Waals surface area contributed by atoms with Crippen molar-refractivity contribution in [3.8, 4) is 11.5 Å². The molecule has 0 saturated carbocycles. The summed E-state index contributed by atoms with van der Waals surface area (Å²) in [6, 6.07) is 10.8. The first-order valence-electron chi connectivity index (χ1n) is 7.39. The van der Waals surface area contributed by atoms with Gasteiger partial charge in [-0.15, -0.1) is 0 Å². The number of carbonyl (C=O) groups is 1. The van der Waals surface area contributed by atoms with Crippen LogP contribution >= 0.6 is 0 Å². The topological polar surface area (TPSA) is 64.0 Å². The molecule has 1 aliphatic heterocycles. The van der Waals surface area contributed by atoms with Gasteiger partial charge >= 0.3 is 0 Å². The molecule has 6 heteroatoms. The first-order valence-corrected chi connectivity index (χ1v) is 7.39. The fraction of sp³-hybridized carbons (Fsp3) is 0.167. The molecule has 0 unspecified atom stereocenters. The van der Waals surface area contributed by atoms with Crippen LogP contribution in [0.5, 0.6) is 11.5 Å². The number of carbonyl (C=O) groups excluding carboxylic acids is 1. The van der Waals surface area contributed by atoms with Crippen LogP contribution < -0.4 is 14.5 Å². The molecule has 0 fully saturated rings. The normalized spacial score (nSPS) is 15.6. The SMILES string of the molecule is COc1ccc(/C=C2/C(=O)N(c3ccccn3)N=C2C)c(OC)c1. The number of aromatic nitrogens is 1. The maximum Gasteiger partial charge on any atom is 0.282 e. The third-order valence-corrected chi connectivity index (χ3v) is 3.67. The summed E-state index contributed by atoms with van der Waals surface area (Å²) in [6.07, 6.45) is 3.39. The van der Waals surface area contributed by atoms with Crippen molar-refractivity contribution in [3.05, 3.63) is 53.7 Å². The van der Waals surface area contributed by atoms with E-state index in [2.05, 4.69) is 10.1 Å². The van der Waals surface area contributed by atoms with E-state index in [-0.39, 0.29) is 5.91 Å². The molecule has 0 bridgehead atoms. The molecule has 3 rings (SSSR count). The van der Waals surface area contributed by atoms with E-state index in [1.54, 1.807) is 51.6 Å². The van der Waals surface area contributed by atoms with Crippen molar-refractivity contribution in [2.75, 3.05) is 19.2 Å². The van der Waals surface area contributed by atoms with E-state index in [4.69, 9.17) is 9.47 Å². The number of hydrogen-bond acceptors (Lipinski definition) is 5. The summed E-state index contributed by atoms with van der Waals surface area (Å²) in [4.78, 5) is 16.9. The first-order chi connectivity index (χ1) is 11.6. The van der Waals surface area contributed by atoms with Gasteiger partial charge in [-0.25, -0.2) is 4.98 Å². The molecule has 0 N–H and O–H groups in total. The molecule has 6 nitrogen and oxygen atoms in total. The Labute approximate surface area is 140 Å². The average molecular weight is 323 g/mol. The molecular weight excluding hydrogens is 306 g/mol. The summed E-state index contributed by atoms with van der Waals surface area (Å²) in [5, 5.41) is 5.61. The molecule has 1 aliphatic rings. The molecule has 0 saturated heterocycles. The van der Waals surface area contributed by atoms with E-state index in [1.807, 2.05) is 18.2 Å². The van der Waals surface area contributed by atoms with Gasteiger partial charge in [0.05, 0.1) is 25.5 Å². The highest BCUT2D eigenvalue weighted by atomic mass is 16.5. The number of anilines is 1. The van der Waals surface area contributed by atoms with Gasteiger partial charge < -0.3 is 9.47 Å². The summed E-state index contributed by atoms with van der Waals surface area (Å²) < 4.78 is 10.6. The first kappa shape index (κ1) is 15.7. The van der Waals surface area contributed by atoms with E-state index in [0.717, 1.165) is 5.56 Å². The zero-order chi connectivity index (χ0) is 17.1. The van der Waals surface area contributed by atoms with Gasteiger partial charge in [0.15, 0.2) is 5.82 Å². The highest BCUT2D eigenvalue weighted by Crippen LogP contribution is 2.29. The van der Waals surface area contributed by atoms with Crippen LogP contribution in [0, 0.1) is 0 Å². The lowest BCUT2D eigenvalue weighted by molar-refractivity contribution is -0.114. The zero-order valence-corrected chi connectivity index (χ0v) is 13.7. The summed E-state index contributed by atoms with van der Waals surface area (Å²) in [7, 11) is 3.17. The minimum absolute atomic E-state index is 0.218. The van der Waals surface area contributed by atoms with Gasteiger partial charge in [0, 0.05) is 17.8 Å². The monoisotopic (exact) mass is 323 g/mol. The van der Waals surface area contributed by atoms with Crippen LogP contribution in [0.1, 0.15) is 12.5 Å². The van der Waals surface area contributed by atoms with Crippen molar-refractivity contribution in [2.24, 2.45) is 5.10 Å². The van der Waals surface area contributed by atoms with Crippen molar-refractivity contribution >= 4 is 23.5 Å². The maximum absolute atomic E-state index is 12.7. The highest BCUT2D eigenvalue weighted by molar-refractivity contribution is 6.32. The smallest absolute Gasteiger partial charge is 0.282 e. The third kappa shape index (κ3) is 2.86. The van der Waals surface area contributed by atoms with Gasteiger partial charge in [-0.2, -0.15) is 10.1 Å². The molecule has 0 atom stereocenters. The number of rotatable bonds is 4. The minimum Gasteiger partial charge on any atom is -0.497 e. The average Bonchev–Trinajstić information content (AvgIpc) is 2.91. The molecule has 24 heavy (non-hydrogen) atoms. The number of benzene rings is 1. The Balaban J connectivity index is 1.97. The lowest BCUT2D eigenvalue weighted by Crippen LogP contribution is -2.22. The summed E-state index contributed by atoms with van der Waals surface area (Å²) in [5.74, 6) is 1.59. The second kappa shape index (κ2) is 6.54. The fourth-order valence-corrected chi connectivity index (χ4v) is 2.41. The lowest BCUT2D eigenvalue weighted by atomic mass is 10.1.